The predicted molar refractivity (Wildman–Crippen MR) is 77.0 cm³/mol. The Morgan fingerprint density at radius 1 is 1.30 bits per heavy atom. The largest absolute Gasteiger partial charge is 0.347 e. The lowest BCUT2D eigenvalue weighted by Gasteiger charge is -2.26. The lowest BCUT2D eigenvalue weighted by atomic mass is 10.1. The molecule has 1 aliphatic heterocycles. The number of carbonyl (C=O) groups is 2. The molecule has 1 aromatic rings. The number of nitrogens with zero attached hydrogens (tertiary/aromatic N) is 3. The van der Waals surface area contributed by atoms with Crippen LogP contribution in [0.4, 0.5) is 0 Å². The number of likely N-dealkylation sites (N-methyl/N-ethyl adjacent to an activating group) is 1. The van der Waals surface area contributed by atoms with E-state index in [2.05, 4.69) is 4.98 Å². The third-order valence-electron chi connectivity index (χ3n) is 3.25. The molecule has 2 amide bonds. The van der Waals surface area contributed by atoms with Gasteiger partial charge in [0.15, 0.2) is 0 Å². The number of likely N-dealkylation sites (tertiary alicyclic amines) is 1. The highest BCUT2D eigenvalue weighted by Crippen LogP contribution is 2.23. The Bertz CT molecular complexity index is 528. The van der Waals surface area contributed by atoms with E-state index in [0.717, 1.165) is 6.42 Å². The zero-order valence-corrected chi connectivity index (χ0v) is 12.8. The molecule has 1 aliphatic rings. The van der Waals surface area contributed by atoms with Crippen molar-refractivity contribution in [1.82, 2.24) is 14.8 Å². The summed E-state index contributed by atoms with van der Waals surface area (Å²) in [7, 11) is 3.37. The summed E-state index contributed by atoms with van der Waals surface area (Å²) in [6.45, 7) is 0.556. The van der Waals surface area contributed by atoms with Crippen molar-refractivity contribution >= 4 is 35.0 Å². The molecule has 2 heterocycles. The molecule has 20 heavy (non-hydrogen) atoms. The molecule has 0 saturated carbocycles. The van der Waals surface area contributed by atoms with Gasteiger partial charge in [-0.3, -0.25) is 9.59 Å². The van der Waals surface area contributed by atoms with Gasteiger partial charge in [-0.1, -0.05) is 23.2 Å². The molecule has 1 atom stereocenters. The van der Waals surface area contributed by atoms with Crippen molar-refractivity contribution < 1.29 is 9.59 Å². The average molecular weight is 316 g/mol. The Labute approximate surface area is 127 Å². The molecular weight excluding hydrogens is 301 g/mol. The predicted octanol–water partition coefficient (Wildman–Crippen LogP) is 2.08. The second-order valence-electron chi connectivity index (χ2n) is 4.89. The van der Waals surface area contributed by atoms with Crippen LogP contribution in [0.2, 0.25) is 10.3 Å². The Morgan fingerprint density at radius 2 is 1.90 bits per heavy atom. The minimum Gasteiger partial charge on any atom is -0.347 e. The van der Waals surface area contributed by atoms with E-state index in [1.54, 1.807) is 19.0 Å². The second-order valence-corrected chi connectivity index (χ2v) is 5.67. The van der Waals surface area contributed by atoms with E-state index in [0.29, 0.717) is 18.5 Å². The van der Waals surface area contributed by atoms with Crippen LogP contribution in [0.15, 0.2) is 12.1 Å². The molecule has 0 radical (unpaired) electrons. The van der Waals surface area contributed by atoms with Crippen molar-refractivity contribution in [2.75, 3.05) is 20.6 Å². The van der Waals surface area contributed by atoms with Gasteiger partial charge in [-0.2, -0.15) is 0 Å². The van der Waals surface area contributed by atoms with E-state index in [1.165, 1.54) is 17.0 Å². The van der Waals surface area contributed by atoms with Crippen molar-refractivity contribution in [2.45, 2.75) is 18.9 Å². The first-order chi connectivity index (χ1) is 9.40. The Balaban J connectivity index is 2.25. The van der Waals surface area contributed by atoms with Crippen LogP contribution in [-0.2, 0) is 4.79 Å². The molecule has 108 valence electrons. The highest BCUT2D eigenvalue weighted by molar-refractivity contribution is 6.33. The van der Waals surface area contributed by atoms with Gasteiger partial charge in [0.05, 0.1) is 0 Å². The molecule has 5 nitrogen and oxygen atoms in total. The van der Waals surface area contributed by atoms with Crippen LogP contribution >= 0.6 is 23.2 Å². The number of hydrogen-bond donors (Lipinski definition) is 0. The molecular formula is C13H15Cl2N3O2. The summed E-state index contributed by atoms with van der Waals surface area (Å²) >= 11 is 11.6. The van der Waals surface area contributed by atoms with Gasteiger partial charge in [-0.15, -0.1) is 0 Å². The minimum atomic E-state index is -0.414. The van der Waals surface area contributed by atoms with E-state index < -0.39 is 6.04 Å². The van der Waals surface area contributed by atoms with E-state index in [4.69, 9.17) is 23.2 Å². The zero-order chi connectivity index (χ0) is 14.9. The quantitative estimate of drug-likeness (QED) is 0.785. The number of pyridine rings is 1. The monoisotopic (exact) mass is 315 g/mol. The summed E-state index contributed by atoms with van der Waals surface area (Å²) in [6.07, 6.45) is 1.48. The fourth-order valence-corrected chi connectivity index (χ4v) is 2.78. The molecule has 1 aromatic heterocycles. The summed E-state index contributed by atoms with van der Waals surface area (Å²) in [5.74, 6) is -0.309. The van der Waals surface area contributed by atoms with Gasteiger partial charge in [0, 0.05) is 26.2 Å². The Kier molecular flexibility index (Phi) is 4.50. The van der Waals surface area contributed by atoms with Crippen LogP contribution in [0.3, 0.4) is 0 Å². The van der Waals surface area contributed by atoms with Crippen LogP contribution in [-0.4, -0.2) is 53.3 Å². The van der Waals surface area contributed by atoms with E-state index in [-0.39, 0.29) is 22.1 Å². The topological polar surface area (TPSA) is 53.5 Å². The SMILES string of the molecule is CN(C)C(=O)C1CCCN1C(=O)c1cc(Cl)nc(Cl)c1. The number of hydrogen-bond acceptors (Lipinski definition) is 3. The van der Waals surface area contributed by atoms with Crippen LogP contribution in [0.1, 0.15) is 23.2 Å². The number of carbonyl (C=O) groups excluding carboxylic acids is 2. The molecule has 0 aromatic carbocycles. The van der Waals surface area contributed by atoms with E-state index in [9.17, 15) is 9.59 Å². The van der Waals surface area contributed by atoms with Crippen LogP contribution in [0.25, 0.3) is 0 Å². The van der Waals surface area contributed by atoms with Gasteiger partial charge in [-0.05, 0) is 25.0 Å². The summed E-state index contributed by atoms with van der Waals surface area (Å²) in [5, 5.41) is 0.325. The molecule has 0 bridgehead atoms. The van der Waals surface area contributed by atoms with Gasteiger partial charge in [-0.25, -0.2) is 4.98 Å². The maximum atomic E-state index is 12.5. The maximum Gasteiger partial charge on any atom is 0.254 e. The second kappa shape index (κ2) is 5.97. The first kappa shape index (κ1) is 15.1. The van der Waals surface area contributed by atoms with Crippen molar-refractivity contribution in [3.8, 4) is 0 Å². The molecule has 1 unspecified atom stereocenters. The average Bonchev–Trinajstić information content (AvgIpc) is 2.84. The molecule has 0 spiro atoms. The van der Waals surface area contributed by atoms with Crippen LogP contribution < -0.4 is 0 Å². The normalized spacial score (nSPS) is 18.2. The maximum absolute atomic E-state index is 12.5. The minimum absolute atomic E-state index is 0.0675. The standard InChI is InChI=1S/C13H15Cl2N3O2/c1-17(2)13(20)9-4-3-5-18(9)12(19)8-6-10(14)16-11(15)7-8/h6-7,9H,3-5H2,1-2H3. The van der Waals surface area contributed by atoms with E-state index in [1.807, 2.05) is 0 Å². The van der Waals surface area contributed by atoms with Crippen molar-refractivity contribution in [1.29, 1.82) is 0 Å². The Hall–Kier alpha value is -1.33. The molecule has 0 N–H and O–H groups in total. The highest BCUT2D eigenvalue weighted by atomic mass is 35.5. The molecule has 7 heteroatoms. The summed E-state index contributed by atoms with van der Waals surface area (Å²) in [5.41, 5.74) is 0.355. The third-order valence-corrected chi connectivity index (χ3v) is 3.64. The number of amides is 2. The third kappa shape index (κ3) is 3.04. The van der Waals surface area contributed by atoms with Crippen molar-refractivity contribution in [3.63, 3.8) is 0 Å². The van der Waals surface area contributed by atoms with Gasteiger partial charge < -0.3 is 9.80 Å². The molecule has 2 rings (SSSR count). The summed E-state index contributed by atoms with van der Waals surface area (Å²) in [4.78, 5) is 31.5. The fourth-order valence-electron chi connectivity index (χ4n) is 2.32. The number of rotatable bonds is 2. The molecule has 1 fully saturated rings. The van der Waals surface area contributed by atoms with Crippen molar-refractivity contribution in [2.24, 2.45) is 0 Å². The first-order valence-corrected chi connectivity index (χ1v) is 7.01. The van der Waals surface area contributed by atoms with E-state index >= 15 is 0 Å². The summed E-state index contributed by atoms with van der Waals surface area (Å²) in [6, 6.07) is 2.51. The fraction of sp³-hybridized carbons (Fsp3) is 0.462. The van der Waals surface area contributed by atoms with Crippen LogP contribution in [0, 0.1) is 0 Å². The number of halogens is 2. The smallest absolute Gasteiger partial charge is 0.254 e. The van der Waals surface area contributed by atoms with Gasteiger partial charge in [0.2, 0.25) is 5.91 Å². The van der Waals surface area contributed by atoms with Gasteiger partial charge in [0.1, 0.15) is 16.3 Å². The highest BCUT2D eigenvalue weighted by Gasteiger charge is 2.35. The molecule has 1 saturated heterocycles. The van der Waals surface area contributed by atoms with Gasteiger partial charge in [0.25, 0.3) is 5.91 Å². The zero-order valence-electron chi connectivity index (χ0n) is 11.3. The molecule has 0 aliphatic carbocycles. The first-order valence-electron chi connectivity index (χ1n) is 6.25. The summed E-state index contributed by atoms with van der Waals surface area (Å²) < 4.78 is 0. The lowest BCUT2D eigenvalue weighted by Crippen LogP contribution is -2.45. The lowest BCUT2D eigenvalue weighted by molar-refractivity contribution is -0.132. The van der Waals surface area contributed by atoms with Crippen LogP contribution in [0.5, 0.6) is 0 Å². The number of aromatic nitrogens is 1. The van der Waals surface area contributed by atoms with Gasteiger partial charge >= 0.3 is 0 Å². The van der Waals surface area contributed by atoms with Crippen molar-refractivity contribution in [3.05, 3.63) is 28.0 Å². The Morgan fingerprint density at radius 3 is 2.45 bits per heavy atom.